The number of aryl methyl sites for hydroxylation is 3. The van der Waals surface area contributed by atoms with Gasteiger partial charge in [0, 0.05) is 11.8 Å². The molecule has 2 rings (SSSR count). The normalized spacial score (nSPS) is 11.8. The number of carbonyl (C=O) groups excluding carboxylic acids is 1. The van der Waals surface area contributed by atoms with Gasteiger partial charge >= 0.3 is 0 Å². The highest BCUT2D eigenvalue weighted by molar-refractivity contribution is 8.00. The van der Waals surface area contributed by atoms with Gasteiger partial charge in [0.15, 0.2) is 5.82 Å². The van der Waals surface area contributed by atoms with E-state index in [9.17, 15) is 10.1 Å². The summed E-state index contributed by atoms with van der Waals surface area (Å²) in [6, 6.07) is 5.75. The number of thioether (sulfide) groups is 1. The zero-order chi connectivity index (χ0) is 18.4. The highest BCUT2D eigenvalue weighted by atomic mass is 32.2. The summed E-state index contributed by atoms with van der Waals surface area (Å²) >= 11 is 1.34. The minimum atomic E-state index is -0.349. The maximum atomic E-state index is 12.7. The van der Waals surface area contributed by atoms with Gasteiger partial charge in [-0.05, 0) is 38.8 Å². The highest BCUT2D eigenvalue weighted by Crippen LogP contribution is 2.30. The Morgan fingerprint density at radius 2 is 2.16 bits per heavy atom. The molecule has 0 aromatic carbocycles. The molecule has 1 N–H and O–H groups in total. The average molecular weight is 358 g/mol. The Balaban J connectivity index is 2.23. The van der Waals surface area contributed by atoms with Crippen LogP contribution in [0.25, 0.3) is 0 Å². The molecule has 1 amide bonds. The minimum Gasteiger partial charge on any atom is -0.360 e. The lowest BCUT2D eigenvalue weighted by atomic mass is 10.1. The Morgan fingerprint density at radius 3 is 2.76 bits per heavy atom. The highest BCUT2D eigenvalue weighted by Gasteiger charge is 2.23. The van der Waals surface area contributed by atoms with E-state index in [4.69, 9.17) is 4.52 Å². The average Bonchev–Trinajstić information content (AvgIpc) is 2.95. The van der Waals surface area contributed by atoms with Crippen molar-refractivity contribution < 1.29 is 9.32 Å². The maximum absolute atomic E-state index is 12.7. The third kappa shape index (κ3) is 5.07. The molecule has 0 aliphatic heterocycles. The van der Waals surface area contributed by atoms with Gasteiger partial charge in [-0.15, -0.1) is 0 Å². The molecule has 0 spiro atoms. The van der Waals surface area contributed by atoms with E-state index in [0.717, 1.165) is 24.1 Å². The van der Waals surface area contributed by atoms with Gasteiger partial charge in [-0.1, -0.05) is 36.7 Å². The Morgan fingerprint density at radius 1 is 1.40 bits per heavy atom. The molecule has 0 bridgehead atoms. The molecule has 2 heterocycles. The van der Waals surface area contributed by atoms with Crippen LogP contribution in [0.1, 0.15) is 48.8 Å². The van der Waals surface area contributed by atoms with Crippen molar-refractivity contribution >= 4 is 23.5 Å². The molecule has 0 saturated carbocycles. The fourth-order valence-electron chi connectivity index (χ4n) is 2.42. The number of carbonyl (C=O) groups is 1. The van der Waals surface area contributed by atoms with Gasteiger partial charge < -0.3 is 9.84 Å². The largest absolute Gasteiger partial charge is 0.360 e. The number of amides is 1. The molecule has 2 aromatic heterocycles. The first-order valence-electron chi connectivity index (χ1n) is 8.23. The van der Waals surface area contributed by atoms with Gasteiger partial charge in [-0.2, -0.15) is 5.26 Å². The topological polar surface area (TPSA) is 91.8 Å². The second-order valence-corrected chi connectivity index (χ2v) is 7.12. The zero-order valence-electron chi connectivity index (χ0n) is 14.9. The number of nitrogens with zero attached hydrogens (tertiary/aromatic N) is 3. The van der Waals surface area contributed by atoms with Crippen LogP contribution in [-0.4, -0.2) is 21.3 Å². The van der Waals surface area contributed by atoms with Crippen LogP contribution in [0.5, 0.6) is 0 Å². The Bertz CT molecular complexity index is 795. The monoisotopic (exact) mass is 358 g/mol. The van der Waals surface area contributed by atoms with Crippen molar-refractivity contribution in [1.82, 2.24) is 10.1 Å². The van der Waals surface area contributed by atoms with Crippen LogP contribution < -0.4 is 5.32 Å². The second kappa shape index (κ2) is 8.67. The van der Waals surface area contributed by atoms with E-state index < -0.39 is 0 Å². The summed E-state index contributed by atoms with van der Waals surface area (Å²) in [6.07, 6.45) is 2.60. The maximum Gasteiger partial charge on any atom is 0.239 e. The van der Waals surface area contributed by atoms with E-state index in [-0.39, 0.29) is 11.2 Å². The quantitative estimate of drug-likeness (QED) is 0.747. The first-order chi connectivity index (χ1) is 11.9. The molecule has 7 heteroatoms. The number of nitriles is 1. The summed E-state index contributed by atoms with van der Waals surface area (Å²) in [4.78, 5) is 17.1. The fourth-order valence-corrected chi connectivity index (χ4v) is 3.66. The molecular weight excluding hydrogens is 336 g/mol. The molecule has 0 aliphatic carbocycles. The molecule has 0 radical (unpaired) electrons. The van der Waals surface area contributed by atoms with Gasteiger partial charge in [0.2, 0.25) is 5.91 Å². The fraction of sp³-hybridized carbons (Fsp3) is 0.444. The molecule has 132 valence electrons. The molecular formula is C18H22N4O2S. The lowest BCUT2D eigenvalue weighted by Crippen LogP contribution is -2.25. The lowest BCUT2D eigenvalue weighted by Gasteiger charge is -2.16. The van der Waals surface area contributed by atoms with Crippen molar-refractivity contribution in [2.75, 3.05) is 5.32 Å². The lowest BCUT2D eigenvalue weighted by molar-refractivity contribution is -0.115. The molecule has 1 atom stereocenters. The number of hydrogen-bond donors (Lipinski definition) is 1. The molecule has 6 nitrogen and oxygen atoms in total. The van der Waals surface area contributed by atoms with E-state index >= 15 is 0 Å². The molecule has 2 aromatic rings. The first-order valence-corrected chi connectivity index (χ1v) is 9.11. The summed E-state index contributed by atoms with van der Waals surface area (Å²) in [5, 5.41) is 16.3. The van der Waals surface area contributed by atoms with Gasteiger partial charge in [0.1, 0.15) is 16.9 Å². The second-order valence-electron chi connectivity index (χ2n) is 5.93. The van der Waals surface area contributed by atoms with Crippen LogP contribution in [0.15, 0.2) is 21.7 Å². The number of anilines is 1. The van der Waals surface area contributed by atoms with Crippen LogP contribution in [0.2, 0.25) is 0 Å². The van der Waals surface area contributed by atoms with E-state index in [0.29, 0.717) is 28.6 Å². The summed E-state index contributed by atoms with van der Waals surface area (Å²) in [7, 11) is 0. The van der Waals surface area contributed by atoms with E-state index in [1.165, 1.54) is 11.8 Å². The number of nitrogens with one attached hydrogen (secondary N) is 1. The third-order valence-corrected chi connectivity index (χ3v) is 4.92. The number of rotatable bonds is 7. The number of pyridine rings is 1. The van der Waals surface area contributed by atoms with Crippen LogP contribution in [0.4, 0.5) is 5.82 Å². The van der Waals surface area contributed by atoms with Crippen LogP contribution in [0.3, 0.4) is 0 Å². The van der Waals surface area contributed by atoms with Crippen molar-refractivity contribution in [2.24, 2.45) is 0 Å². The molecule has 1 unspecified atom stereocenters. The predicted molar refractivity (Wildman–Crippen MR) is 97.5 cm³/mol. The van der Waals surface area contributed by atoms with Gasteiger partial charge in [0.05, 0.1) is 10.8 Å². The smallest absolute Gasteiger partial charge is 0.239 e. The Labute approximate surface area is 152 Å². The molecule has 0 fully saturated rings. The standard InChI is InChI=1S/C18H22N4O2S/c1-5-6-7-15(17(23)21-16-9-13(4)24-22-16)25-18-14(10-19)11(2)8-12(3)20-18/h8-9,15H,5-7H2,1-4H3,(H,21,22,23). The van der Waals surface area contributed by atoms with Crippen LogP contribution in [-0.2, 0) is 4.79 Å². The van der Waals surface area contributed by atoms with E-state index in [2.05, 4.69) is 28.5 Å². The first kappa shape index (κ1) is 19.0. The minimum absolute atomic E-state index is 0.156. The van der Waals surface area contributed by atoms with Gasteiger partial charge in [-0.25, -0.2) is 4.98 Å². The zero-order valence-corrected chi connectivity index (χ0v) is 15.7. The van der Waals surface area contributed by atoms with Crippen molar-refractivity contribution in [3.63, 3.8) is 0 Å². The van der Waals surface area contributed by atoms with Crippen molar-refractivity contribution in [3.8, 4) is 6.07 Å². The SMILES string of the molecule is CCCCC(Sc1nc(C)cc(C)c1C#N)C(=O)Nc1cc(C)on1. The number of unbranched alkanes of at least 4 members (excludes halogenated alkanes) is 1. The molecule has 0 saturated heterocycles. The number of aromatic nitrogens is 2. The van der Waals surface area contributed by atoms with Crippen LogP contribution >= 0.6 is 11.8 Å². The summed E-state index contributed by atoms with van der Waals surface area (Å²) in [6.45, 7) is 7.62. The summed E-state index contributed by atoms with van der Waals surface area (Å²) in [5.74, 6) is 0.880. The van der Waals surface area contributed by atoms with Crippen LogP contribution in [0, 0.1) is 32.1 Å². The molecule has 25 heavy (non-hydrogen) atoms. The summed E-state index contributed by atoms with van der Waals surface area (Å²) < 4.78 is 4.99. The summed E-state index contributed by atoms with van der Waals surface area (Å²) in [5.41, 5.74) is 2.24. The third-order valence-electron chi connectivity index (χ3n) is 3.67. The van der Waals surface area contributed by atoms with Crippen molar-refractivity contribution in [2.45, 2.75) is 57.2 Å². The van der Waals surface area contributed by atoms with Crippen molar-refractivity contribution in [3.05, 3.63) is 34.7 Å². The van der Waals surface area contributed by atoms with Gasteiger partial charge in [-0.3, -0.25) is 4.79 Å². The molecule has 0 aliphatic rings. The Hall–Kier alpha value is -2.33. The van der Waals surface area contributed by atoms with Crippen molar-refractivity contribution in [1.29, 1.82) is 5.26 Å². The Kier molecular flexibility index (Phi) is 6.59. The van der Waals surface area contributed by atoms with E-state index in [1.54, 1.807) is 13.0 Å². The van der Waals surface area contributed by atoms with Gasteiger partial charge in [0.25, 0.3) is 0 Å². The van der Waals surface area contributed by atoms with E-state index in [1.807, 2.05) is 19.9 Å². The predicted octanol–water partition coefficient (Wildman–Crippen LogP) is 4.16. The number of hydrogen-bond acceptors (Lipinski definition) is 6.